The van der Waals surface area contributed by atoms with Gasteiger partial charge in [0.2, 0.25) is 0 Å². The van der Waals surface area contributed by atoms with Crippen LogP contribution in [0.5, 0.6) is 17.2 Å². The van der Waals surface area contributed by atoms with Crippen LogP contribution in [-0.4, -0.2) is 57.9 Å². The number of methoxy groups -OCH3 is 3. The molecule has 0 fully saturated rings. The molecule has 0 aliphatic heterocycles. The third-order valence-corrected chi connectivity index (χ3v) is 7.32. The van der Waals surface area contributed by atoms with Crippen LogP contribution in [0.15, 0.2) is 30.3 Å². The Balaban J connectivity index is 1.79. The molecule has 2 atom stereocenters. The zero-order chi connectivity index (χ0) is 26.5. The van der Waals surface area contributed by atoms with Crippen molar-refractivity contribution in [2.45, 2.75) is 58.0 Å². The van der Waals surface area contributed by atoms with Crippen LogP contribution < -0.4 is 14.2 Å². The SMILES string of the molecule is COc1cc(OC)c(CCN(C)CC[C@@]2(OC(C)=O)CCc3cc(F)ccc3[C@@H]2C(C)C)c(OC)c1. The summed E-state index contributed by atoms with van der Waals surface area (Å²) >= 11 is 0. The van der Waals surface area contributed by atoms with Gasteiger partial charge in [0.1, 0.15) is 28.7 Å². The van der Waals surface area contributed by atoms with Crippen molar-refractivity contribution < 1.29 is 28.1 Å². The molecule has 0 heterocycles. The number of aryl methyl sites for hydroxylation is 1. The van der Waals surface area contributed by atoms with Crippen LogP contribution in [0.3, 0.4) is 0 Å². The quantitative estimate of drug-likeness (QED) is 0.384. The molecule has 198 valence electrons. The van der Waals surface area contributed by atoms with Gasteiger partial charge in [0.15, 0.2) is 0 Å². The van der Waals surface area contributed by atoms with E-state index in [0.29, 0.717) is 25.0 Å². The number of rotatable bonds is 11. The maximum atomic E-state index is 13.9. The van der Waals surface area contributed by atoms with Gasteiger partial charge in [-0.1, -0.05) is 19.9 Å². The van der Waals surface area contributed by atoms with Gasteiger partial charge in [0, 0.05) is 50.0 Å². The Morgan fingerprint density at radius 2 is 1.75 bits per heavy atom. The highest BCUT2D eigenvalue weighted by molar-refractivity contribution is 5.67. The van der Waals surface area contributed by atoms with Crippen LogP contribution in [0, 0.1) is 11.7 Å². The van der Waals surface area contributed by atoms with Crippen molar-refractivity contribution in [2.75, 3.05) is 41.5 Å². The molecule has 3 rings (SSSR count). The second-order valence-corrected chi connectivity index (χ2v) is 10.0. The standard InChI is InChI=1S/C29H40FNO5/c1-19(2)28-24-9-8-22(30)16-21(24)10-12-29(28,36-20(3)32)13-15-31(4)14-11-25-26(34-6)17-23(33-5)18-27(25)35-7/h8-9,16-19,28H,10-15H2,1-7H3/t28-,29-/m0/s1. The molecule has 7 heteroatoms. The molecular weight excluding hydrogens is 461 g/mol. The van der Waals surface area contributed by atoms with Crippen molar-refractivity contribution >= 4 is 5.97 Å². The number of halogens is 1. The van der Waals surface area contributed by atoms with Crippen molar-refractivity contribution in [3.63, 3.8) is 0 Å². The highest BCUT2D eigenvalue weighted by atomic mass is 19.1. The molecule has 0 spiro atoms. The number of hydrogen-bond acceptors (Lipinski definition) is 6. The smallest absolute Gasteiger partial charge is 0.303 e. The van der Waals surface area contributed by atoms with Crippen molar-refractivity contribution in [3.05, 3.63) is 52.8 Å². The predicted octanol–water partition coefficient (Wildman–Crippen LogP) is 5.40. The van der Waals surface area contributed by atoms with Gasteiger partial charge in [-0.05, 0) is 55.5 Å². The zero-order valence-corrected chi connectivity index (χ0v) is 22.7. The van der Waals surface area contributed by atoms with E-state index in [1.54, 1.807) is 27.4 Å². The molecule has 0 unspecified atom stereocenters. The molecule has 0 bridgehead atoms. The molecule has 2 aromatic carbocycles. The van der Waals surface area contributed by atoms with Crippen LogP contribution in [0.4, 0.5) is 4.39 Å². The molecule has 6 nitrogen and oxygen atoms in total. The van der Waals surface area contributed by atoms with Gasteiger partial charge >= 0.3 is 5.97 Å². The minimum atomic E-state index is -0.630. The first-order valence-electron chi connectivity index (χ1n) is 12.6. The normalized spacial score (nSPS) is 19.2. The minimum absolute atomic E-state index is 0.000858. The fourth-order valence-corrected chi connectivity index (χ4v) is 5.70. The van der Waals surface area contributed by atoms with E-state index in [-0.39, 0.29) is 23.6 Å². The summed E-state index contributed by atoms with van der Waals surface area (Å²) in [6.07, 6.45) is 2.79. The second-order valence-electron chi connectivity index (χ2n) is 10.0. The number of nitrogens with zero attached hydrogens (tertiary/aromatic N) is 1. The summed E-state index contributed by atoms with van der Waals surface area (Å²) in [5.74, 6) is 1.87. The number of esters is 1. The van der Waals surface area contributed by atoms with E-state index in [1.165, 1.54) is 13.0 Å². The lowest BCUT2D eigenvalue weighted by Crippen LogP contribution is -2.48. The molecule has 0 amide bonds. The molecule has 2 aromatic rings. The van der Waals surface area contributed by atoms with E-state index in [9.17, 15) is 9.18 Å². The Bertz CT molecular complexity index is 1030. The van der Waals surface area contributed by atoms with Crippen LogP contribution in [-0.2, 0) is 22.4 Å². The Labute approximate surface area is 214 Å². The molecule has 0 saturated heterocycles. The number of hydrogen-bond donors (Lipinski definition) is 0. The van der Waals surface area contributed by atoms with Crippen molar-refractivity contribution in [3.8, 4) is 17.2 Å². The van der Waals surface area contributed by atoms with E-state index in [1.807, 2.05) is 18.2 Å². The molecule has 0 radical (unpaired) electrons. The first kappa shape index (κ1) is 27.8. The van der Waals surface area contributed by atoms with Crippen LogP contribution in [0.25, 0.3) is 0 Å². The highest BCUT2D eigenvalue weighted by Crippen LogP contribution is 2.48. The van der Waals surface area contributed by atoms with Gasteiger partial charge in [-0.15, -0.1) is 0 Å². The maximum Gasteiger partial charge on any atom is 0.303 e. The van der Waals surface area contributed by atoms with E-state index in [4.69, 9.17) is 18.9 Å². The van der Waals surface area contributed by atoms with E-state index in [0.717, 1.165) is 47.7 Å². The first-order valence-corrected chi connectivity index (χ1v) is 12.6. The highest BCUT2D eigenvalue weighted by Gasteiger charge is 2.47. The fraction of sp³-hybridized carbons (Fsp3) is 0.552. The third kappa shape index (κ3) is 6.12. The molecule has 0 N–H and O–H groups in total. The molecular formula is C29H40FNO5. The Hall–Kier alpha value is -2.80. The van der Waals surface area contributed by atoms with Crippen LogP contribution in [0.2, 0.25) is 0 Å². The Kier molecular flexibility index (Phi) is 9.23. The fourth-order valence-electron chi connectivity index (χ4n) is 5.70. The number of benzene rings is 2. The first-order chi connectivity index (χ1) is 17.1. The third-order valence-electron chi connectivity index (χ3n) is 7.32. The average molecular weight is 502 g/mol. The lowest BCUT2D eigenvalue weighted by Gasteiger charge is -2.47. The molecule has 0 aromatic heterocycles. The van der Waals surface area contributed by atoms with Crippen molar-refractivity contribution in [1.29, 1.82) is 0 Å². The van der Waals surface area contributed by atoms with Crippen LogP contribution in [0.1, 0.15) is 56.2 Å². The summed E-state index contributed by atoms with van der Waals surface area (Å²) in [5.41, 5.74) is 2.46. The lowest BCUT2D eigenvalue weighted by molar-refractivity contribution is -0.164. The van der Waals surface area contributed by atoms with Gasteiger partial charge < -0.3 is 23.8 Å². The average Bonchev–Trinajstić information content (AvgIpc) is 2.85. The minimum Gasteiger partial charge on any atom is -0.496 e. The number of ether oxygens (including phenoxy) is 4. The number of fused-ring (bicyclic) bond motifs is 1. The van der Waals surface area contributed by atoms with Gasteiger partial charge in [-0.3, -0.25) is 4.79 Å². The summed E-state index contributed by atoms with van der Waals surface area (Å²) in [6.45, 7) is 7.28. The monoisotopic (exact) mass is 501 g/mol. The second kappa shape index (κ2) is 12.0. The Morgan fingerprint density at radius 3 is 2.31 bits per heavy atom. The summed E-state index contributed by atoms with van der Waals surface area (Å²) in [4.78, 5) is 14.5. The zero-order valence-electron chi connectivity index (χ0n) is 22.7. The summed E-state index contributed by atoms with van der Waals surface area (Å²) in [6, 6.07) is 8.74. The van der Waals surface area contributed by atoms with Crippen LogP contribution >= 0.6 is 0 Å². The predicted molar refractivity (Wildman–Crippen MR) is 139 cm³/mol. The van der Waals surface area contributed by atoms with Crippen molar-refractivity contribution in [2.24, 2.45) is 5.92 Å². The largest absolute Gasteiger partial charge is 0.496 e. The van der Waals surface area contributed by atoms with E-state index in [2.05, 4.69) is 25.8 Å². The molecule has 1 aliphatic rings. The van der Waals surface area contributed by atoms with Crippen molar-refractivity contribution in [1.82, 2.24) is 4.90 Å². The van der Waals surface area contributed by atoms with Gasteiger partial charge in [-0.2, -0.15) is 0 Å². The molecule has 36 heavy (non-hydrogen) atoms. The van der Waals surface area contributed by atoms with Gasteiger partial charge in [0.25, 0.3) is 0 Å². The lowest BCUT2D eigenvalue weighted by atomic mass is 9.65. The summed E-state index contributed by atoms with van der Waals surface area (Å²) < 4.78 is 36.6. The number of carbonyl (C=O) groups is 1. The molecule has 1 aliphatic carbocycles. The van der Waals surface area contributed by atoms with E-state index >= 15 is 0 Å². The topological polar surface area (TPSA) is 57.2 Å². The van der Waals surface area contributed by atoms with Gasteiger partial charge in [0.05, 0.1) is 21.3 Å². The Morgan fingerprint density at radius 1 is 1.08 bits per heavy atom. The maximum absolute atomic E-state index is 13.9. The number of likely N-dealkylation sites (N-methyl/N-ethyl adjacent to an activating group) is 1. The summed E-state index contributed by atoms with van der Waals surface area (Å²) in [7, 11) is 6.97. The molecule has 0 saturated carbocycles. The van der Waals surface area contributed by atoms with E-state index < -0.39 is 5.60 Å². The van der Waals surface area contributed by atoms with Gasteiger partial charge in [-0.25, -0.2) is 4.39 Å². The number of carbonyl (C=O) groups excluding carboxylic acids is 1. The summed E-state index contributed by atoms with van der Waals surface area (Å²) in [5, 5.41) is 0.